The summed E-state index contributed by atoms with van der Waals surface area (Å²) < 4.78 is 16.1. The molecular formula is C20H21NO5. The Kier molecular flexibility index (Phi) is 5.73. The van der Waals surface area contributed by atoms with E-state index < -0.39 is 11.9 Å². The van der Waals surface area contributed by atoms with E-state index >= 15 is 0 Å². The van der Waals surface area contributed by atoms with Crippen molar-refractivity contribution in [2.75, 3.05) is 25.1 Å². The van der Waals surface area contributed by atoms with Crippen molar-refractivity contribution in [1.29, 1.82) is 0 Å². The molecule has 0 bridgehead atoms. The molecule has 3 rings (SSSR count). The van der Waals surface area contributed by atoms with E-state index in [0.717, 1.165) is 5.56 Å². The summed E-state index contributed by atoms with van der Waals surface area (Å²) in [5.74, 6) is 0.0442. The molecule has 0 saturated carbocycles. The lowest BCUT2D eigenvalue weighted by Crippen LogP contribution is -2.24. The number of ether oxygens (including phenoxy) is 3. The van der Waals surface area contributed by atoms with Gasteiger partial charge in [-0.05, 0) is 24.1 Å². The van der Waals surface area contributed by atoms with Crippen LogP contribution in [-0.4, -0.2) is 31.7 Å². The molecule has 6 nitrogen and oxygen atoms in total. The molecule has 1 N–H and O–H groups in total. The molecule has 0 saturated heterocycles. The Morgan fingerprint density at radius 1 is 1.08 bits per heavy atom. The number of carbonyl (C=O) groups excluding carboxylic acids is 2. The second kappa shape index (κ2) is 8.38. The van der Waals surface area contributed by atoms with E-state index in [2.05, 4.69) is 5.32 Å². The molecule has 1 atom stereocenters. The van der Waals surface area contributed by atoms with Crippen LogP contribution in [0.2, 0.25) is 0 Å². The average Bonchev–Trinajstić information content (AvgIpc) is 2.68. The van der Waals surface area contributed by atoms with Gasteiger partial charge in [0.25, 0.3) is 5.91 Å². The lowest BCUT2D eigenvalue weighted by Gasteiger charge is -2.19. The van der Waals surface area contributed by atoms with Gasteiger partial charge < -0.3 is 19.5 Å². The summed E-state index contributed by atoms with van der Waals surface area (Å²) >= 11 is 0. The molecule has 2 aromatic rings. The predicted octanol–water partition coefficient (Wildman–Crippen LogP) is 3.13. The molecule has 0 aliphatic carbocycles. The molecule has 0 spiro atoms. The molecule has 1 aliphatic rings. The number of hydrogen-bond acceptors (Lipinski definition) is 5. The van der Waals surface area contributed by atoms with Crippen molar-refractivity contribution in [3.63, 3.8) is 0 Å². The van der Waals surface area contributed by atoms with Crippen LogP contribution in [0.4, 0.5) is 5.69 Å². The number of amides is 1. The Labute approximate surface area is 152 Å². The number of hydrogen-bond donors (Lipinski definition) is 1. The molecule has 6 heteroatoms. The number of fused-ring (bicyclic) bond motifs is 1. The van der Waals surface area contributed by atoms with Gasteiger partial charge in [0.15, 0.2) is 18.1 Å². The van der Waals surface area contributed by atoms with Crippen LogP contribution in [0, 0.1) is 0 Å². The minimum atomic E-state index is -0.406. The quantitative estimate of drug-likeness (QED) is 0.806. The highest BCUT2D eigenvalue weighted by Crippen LogP contribution is 2.32. The molecule has 0 fully saturated rings. The highest BCUT2D eigenvalue weighted by atomic mass is 16.6. The third-order valence-corrected chi connectivity index (χ3v) is 4.07. The highest BCUT2D eigenvalue weighted by Gasteiger charge is 2.21. The van der Waals surface area contributed by atoms with Gasteiger partial charge in [0, 0.05) is 11.8 Å². The molecule has 2 aromatic carbocycles. The Hall–Kier alpha value is -3.02. The monoisotopic (exact) mass is 355 g/mol. The zero-order valence-corrected chi connectivity index (χ0v) is 14.6. The van der Waals surface area contributed by atoms with E-state index in [0.29, 0.717) is 36.8 Å². The lowest BCUT2D eigenvalue weighted by atomic mass is 9.97. The van der Waals surface area contributed by atoms with Crippen molar-refractivity contribution in [1.82, 2.24) is 0 Å². The topological polar surface area (TPSA) is 73.9 Å². The van der Waals surface area contributed by atoms with Gasteiger partial charge >= 0.3 is 5.97 Å². The largest absolute Gasteiger partial charge is 0.486 e. The molecule has 26 heavy (non-hydrogen) atoms. The number of carbonyl (C=O) groups is 2. The van der Waals surface area contributed by atoms with Crippen molar-refractivity contribution in [2.45, 2.75) is 19.3 Å². The van der Waals surface area contributed by atoms with E-state index in [1.165, 1.54) is 0 Å². The lowest BCUT2D eigenvalue weighted by molar-refractivity contribution is -0.149. The fraction of sp³-hybridized carbons (Fsp3) is 0.300. The third kappa shape index (κ3) is 4.33. The van der Waals surface area contributed by atoms with Crippen LogP contribution in [0.25, 0.3) is 0 Å². The molecule has 1 amide bonds. The number of rotatable bonds is 6. The van der Waals surface area contributed by atoms with Crippen LogP contribution in [0.1, 0.15) is 24.8 Å². The summed E-state index contributed by atoms with van der Waals surface area (Å²) in [5, 5.41) is 2.69. The van der Waals surface area contributed by atoms with Crippen molar-refractivity contribution in [3.05, 3.63) is 54.1 Å². The Balaban J connectivity index is 1.54. The Morgan fingerprint density at radius 3 is 2.54 bits per heavy atom. The van der Waals surface area contributed by atoms with Crippen molar-refractivity contribution >= 4 is 17.6 Å². The maximum absolute atomic E-state index is 12.3. The number of benzene rings is 2. The van der Waals surface area contributed by atoms with E-state index in [1.807, 2.05) is 37.3 Å². The van der Waals surface area contributed by atoms with Gasteiger partial charge in [-0.1, -0.05) is 37.3 Å². The second-order valence-corrected chi connectivity index (χ2v) is 5.89. The fourth-order valence-corrected chi connectivity index (χ4v) is 2.78. The summed E-state index contributed by atoms with van der Waals surface area (Å²) in [6, 6.07) is 14.5. The maximum Gasteiger partial charge on any atom is 0.313 e. The zero-order valence-electron chi connectivity index (χ0n) is 14.6. The first kappa shape index (κ1) is 17.8. The van der Waals surface area contributed by atoms with Gasteiger partial charge in [-0.3, -0.25) is 9.59 Å². The number of anilines is 1. The first-order valence-electron chi connectivity index (χ1n) is 8.58. The summed E-state index contributed by atoms with van der Waals surface area (Å²) in [6.07, 6.45) is 0.604. The van der Waals surface area contributed by atoms with Crippen LogP contribution >= 0.6 is 0 Å². The van der Waals surface area contributed by atoms with Gasteiger partial charge in [-0.15, -0.1) is 0 Å². The molecule has 0 unspecified atom stereocenters. The predicted molar refractivity (Wildman–Crippen MR) is 96.5 cm³/mol. The average molecular weight is 355 g/mol. The maximum atomic E-state index is 12.3. The van der Waals surface area contributed by atoms with E-state index in [4.69, 9.17) is 14.2 Å². The fourth-order valence-electron chi connectivity index (χ4n) is 2.78. The standard InChI is InChI=1S/C20H21NO5/c1-2-16(14-6-4-3-5-7-14)20(23)26-13-19(22)21-15-8-9-17-18(12-15)25-11-10-24-17/h3-9,12,16H,2,10-11,13H2,1H3,(H,21,22)/t16-/m1/s1. The number of esters is 1. The first-order valence-corrected chi connectivity index (χ1v) is 8.58. The molecule has 1 heterocycles. The third-order valence-electron chi connectivity index (χ3n) is 4.07. The normalized spacial score (nSPS) is 13.6. The minimum absolute atomic E-state index is 0.337. The van der Waals surface area contributed by atoms with Gasteiger partial charge in [-0.2, -0.15) is 0 Å². The Morgan fingerprint density at radius 2 is 1.81 bits per heavy atom. The van der Waals surface area contributed by atoms with Crippen molar-refractivity contribution in [2.24, 2.45) is 0 Å². The van der Waals surface area contributed by atoms with Crippen LogP contribution in [0.3, 0.4) is 0 Å². The van der Waals surface area contributed by atoms with Crippen LogP contribution in [0.15, 0.2) is 48.5 Å². The van der Waals surface area contributed by atoms with Crippen LogP contribution < -0.4 is 14.8 Å². The molecule has 0 aromatic heterocycles. The summed E-state index contributed by atoms with van der Waals surface area (Å²) in [6.45, 7) is 2.55. The van der Waals surface area contributed by atoms with E-state index in [-0.39, 0.29) is 12.5 Å². The second-order valence-electron chi connectivity index (χ2n) is 5.89. The molecule has 136 valence electrons. The van der Waals surface area contributed by atoms with Crippen LogP contribution in [0.5, 0.6) is 11.5 Å². The molecular weight excluding hydrogens is 334 g/mol. The SMILES string of the molecule is CC[C@@H](C(=O)OCC(=O)Nc1ccc2c(c1)OCCO2)c1ccccc1. The zero-order chi connectivity index (χ0) is 18.4. The van der Waals surface area contributed by atoms with E-state index in [1.54, 1.807) is 18.2 Å². The van der Waals surface area contributed by atoms with Gasteiger partial charge in [0.2, 0.25) is 0 Å². The number of nitrogens with one attached hydrogen (secondary N) is 1. The highest BCUT2D eigenvalue weighted by molar-refractivity contribution is 5.93. The first-order chi connectivity index (χ1) is 12.7. The van der Waals surface area contributed by atoms with E-state index in [9.17, 15) is 9.59 Å². The van der Waals surface area contributed by atoms with Gasteiger partial charge in [-0.25, -0.2) is 0 Å². The minimum Gasteiger partial charge on any atom is -0.486 e. The summed E-state index contributed by atoms with van der Waals surface area (Å²) in [5.41, 5.74) is 1.44. The smallest absolute Gasteiger partial charge is 0.313 e. The van der Waals surface area contributed by atoms with Crippen molar-refractivity contribution in [3.8, 4) is 11.5 Å². The molecule has 1 aliphatic heterocycles. The Bertz CT molecular complexity index is 775. The molecule has 0 radical (unpaired) electrons. The van der Waals surface area contributed by atoms with Gasteiger partial charge in [0.05, 0.1) is 5.92 Å². The summed E-state index contributed by atoms with van der Waals surface area (Å²) in [7, 11) is 0. The van der Waals surface area contributed by atoms with Gasteiger partial charge in [0.1, 0.15) is 13.2 Å². The van der Waals surface area contributed by atoms with Crippen molar-refractivity contribution < 1.29 is 23.8 Å². The van der Waals surface area contributed by atoms with Crippen LogP contribution in [-0.2, 0) is 14.3 Å². The summed E-state index contributed by atoms with van der Waals surface area (Å²) in [4.78, 5) is 24.4.